The van der Waals surface area contributed by atoms with E-state index >= 15 is 0 Å². The molecule has 0 radical (unpaired) electrons. The fourth-order valence-electron chi connectivity index (χ4n) is 3.39. The summed E-state index contributed by atoms with van der Waals surface area (Å²) in [6.07, 6.45) is 7.17. The molecule has 0 spiro atoms. The molecule has 5 nitrogen and oxygen atoms in total. The van der Waals surface area contributed by atoms with E-state index in [1.165, 1.54) is 17.7 Å². The predicted molar refractivity (Wildman–Crippen MR) is 106 cm³/mol. The Morgan fingerprint density at radius 1 is 1.33 bits per heavy atom. The van der Waals surface area contributed by atoms with Crippen LogP contribution in [-0.2, 0) is 0 Å². The minimum Gasteiger partial charge on any atom is -0.507 e. The van der Waals surface area contributed by atoms with Crippen LogP contribution in [0.3, 0.4) is 0 Å². The van der Waals surface area contributed by atoms with E-state index in [4.69, 9.17) is 9.15 Å². The van der Waals surface area contributed by atoms with Gasteiger partial charge >= 0.3 is 5.63 Å². The number of ether oxygens (including phenoxy) is 1. The Bertz CT molecular complexity index is 978. The summed E-state index contributed by atoms with van der Waals surface area (Å²) in [4.78, 5) is 11.9. The highest BCUT2D eigenvalue weighted by Crippen LogP contribution is 2.45. The lowest BCUT2D eigenvalue weighted by molar-refractivity contribution is 0.129. The first-order chi connectivity index (χ1) is 12.7. The minimum atomic E-state index is -0.823. The van der Waals surface area contributed by atoms with Gasteiger partial charge < -0.3 is 19.4 Å². The fourth-order valence-corrected chi connectivity index (χ4v) is 3.39. The molecule has 1 unspecified atom stereocenters. The molecule has 3 rings (SSSR count). The van der Waals surface area contributed by atoms with Crippen LogP contribution >= 0.6 is 0 Å². The molecule has 0 fully saturated rings. The van der Waals surface area contributed by atoms with Crippen LogP contribution in [0.25, 0.3) is 17.0 Å². The highest BCUT2D eigenvalue weighted by molar-refractivity contribution is 5.94. The largest absolute Gasteiger partial charge is 0.507 e. The van der Waals surface area contributed by atoms with Crippen molar-refractivity contribution in [1.82, 2.24) is 0 Å². The number of phenols is 1. The van der Waals surface area contributed by atoms with Gasteiger partial charge in [-0.05, 0) is 52.2 Å². The molecular weight excluding hydrogens is 344 g/mol. The van der Waals surface area contributed by atoms with Gasteiger partial charge in [-0.15, -0.1) is 0 Å². The smallest absolute Gasteiger partial charge is 0.336 e. The highest BCUT2D eigenvalue weighted by Gasteiger charge is 2.31. The first-order valence-electron chi connectivity index (χ1n) is 9.27. The van der Waals surface area contributed by atoms with E-state index in [9.17, 15) is 15.0 Å². The number of benzene rings is 1. The third kappa shape index (κ3) is 3.78. The van der Waals surface area contributed by atoms with Gasteiger partial charge in [0, 0.05) is 17.7 Å². The SMILES string of the molecule is CC[C@H](O)c1cc(=O)oc2cc(O)c3c(c12)OC(C)(CCC=C(C)C)C=C3. The van der Waals surface area contributed by atoms with Crippen molar-refractivity contribution in [2.75, 3.05) is 0 Å². The molecule has 1 aliphatic heterocycles. The van der Waals surface area contributed by atoms with Gasteiger partial charge in [-0.2, -0.15) is 0 Å². The van der Waals surface area contributed by atoms with E-state index in [1.807, 2.05) is 26.0 Å². The van der Waals surface area contributed by atoms with Crippen LogP contribution in [0.4, 0.5) is 0 Å². The molecular formula is C22H26O5. The van der Waals surface area contributed by atoms with Crippen molar-refractivity contribution in [2.24, 2.45) is 0 Å². The number of rotatable bonds is 5. The zero-order valence-corrected chi connectivity index (χ0v) is 16.2. The van der Waals surface area contributed by atoms with Crippen LogP contribution < -0.4 is 10.4 Å². The average molecular weight is 370 g/mol. The van der Waals surface area contributed by atoms with Crippen molar-refractivity contribution < 1.29 is 19.4 Å². The molecule has 27 heavy (non-hydrogen) atoms. The number of aliphatic hydroxyl groups excluding tert-OH is 1. The topological polar surface area (TPSA) is 79.9 Å². The van der Waals surface area contributed by atoms with E-state index in [0.29, 0.717) is 28.7 Å². The summed E-state index contributed by atoms with van der Waals surface area (Å²) in [6, 6.07) is 2.71. The average Bonchev–Trinajstić information content (AvgIpc) is 2.59. The van der Waals surface area contributed by atoms with Gasteiger partial charge in [-0.3, -0.25) is 0 Å². The van der Waals surface area contributed by atoms with Crippen molar-refractivity contribution in [3.63, 3.8) is 0 Å². The molecule has 144 valence electrons. The van der Waals surface area contributed by atoms with Crippen LogP contribution in [-0.4, -0.2) is 15.8 Å². The molecule has 0 amide bonds. The maximum Gasteiger partial charge on any atom is 0.336 e. The standard InChI is InChI=1S/C22H26O5/c1-5-16(23)15-11-19(25)26-18-12-17(24)14-8-10-22(4,9-6-7-13(2)3)27-21(14)20(15)18/h7-8,10-12,16,23-24H,5-6,9H2,1-4H3/t16-,22?/m0/s1. The van der Waals surface area contributed by atoms with Gasteiger partial charge in [0.05, 0.1) is 17.1 Å². The third-order valence-electron chi connectivity index (χ3n) is 4.91. The zero-order chi connectivity index (χ0) is 19.8. The number of phenolic OH excluding ortho intramolecular Hbond substituents is 1. The number of allylic oxidation sites excluding steroid dienone is 2. The second kappa shape index (κ2) is 7.24. The first kappa shape index (κ1) is 19.2. The zero-order valence-electron chi connectivity index (χ0n) is 16.2. The Balaban J connectivity index is 2.17. The van der Waals surface area contributed by atoms with Crippen molar-refractivity contribution in [1.29, 1.82) is 0 Å². The maximum absolute atomic E-state index is 11.9. The number of hydrogen-bond acceptors (Lipinski definition) is 5. The van der Waals surface area contributed by atoms with Gasteiger partial charge in [0.25, 0.3) is 0 Å². The second-order valence-corrected chi connectivity index (χ2v) is 7.52. The Kier molecular flexibility index (Phi) is 5.16. The summed E-state index contributed by atoms with van der Waals surface area (Å²) in [7, 11) is 0. The van der Waals surface area contributed by atoms with Crippen LogP contribution in [0.1, 0.15) is 64.2 Å². The van der Waals surface area contributed by atoms with Crippen LogP contribution in [0.5, 0.6) is 11.5 Å². The van der Waals surface area contributed by atoms with E-state index < -0.39 is 17.3 Å². The second-order valence-electron chi connectivity index (χ2n) is 7.52. The first-order valence-corrected chi connectivity index (χ1v) is 9.27. The van der Waals surface area contributed by atoms with Gasteiger partial charge in [0.2, 0.25) is 0 Å². The summed E-state index contributed by atoms with van der Waals surface area (Å²) in [5.74, 6) is 0.421. The summed E-state index contributed by atoms with van der Waals surface area (Å²) in [5, 5.41) is 21.4. The normalized spacial score (nSPS) is 19.4. The molecule has 0 aliphatic carbocycles. The van der Waals surface area contributed by atoms with Crippen molar-refractivity contribution in [3.05, 3.63) is 51.4 Å². The van der Waals surface area contributed by atoms with Crippen LogP contribution in [0.15, 0.2) is 39.1 Å². The minimum absolute atomic E-state index is 0.0219. The number of aromatic hydroxyl groups is 1. The summed E-state index contributed by atoms with van der Waals surface area (Å²) in [6.45, 7) is 7.93. The van der Waals surface area contributed by atoms with E-state index in [-0.39, 0.29) is 11.3 Å². The fraction of sp³-hybridized carbons (Fsp3) is 0.409. The quantitative estimate of drug-likeness (QED) is 0.581. The summed E-state index contributed by atoms with van der Waals surface area (Å²) >= 11 is 0. The molecule has 2 aromatic rings. The highest BCUT2D eigenvalue weighted by atomic mass is 16.5. The molecule has 1 aromatic carbocycles. The molecule has 1 aromatic heterocycles. The van der Waals surface area contributed by atoms with Gasteiger partial charge in [-0.25, -0.2) is 4.79 Å². The van der Waals surface area contributed by atoms with Crippen molar-refractivity contribution in [2.45, 2.75) is 58.7 Å². The number of hydrogen-bond donors (Lipinski definition) is 2. The Morgan fingerprint density at radius 2 is 2.07 bits per heavy atom. The van der Waals surface area contributed by atoms with E-state index in [2.05, 4.69) is 19.9 Å². The predicted octanol–water partition coefficient (Wildman–Crippen LogP) is 4.85. The van der Waals surface area contributed by atoms with Crippen molar-refractivity contribution >= 4 is 17.0 Å². The molecule has 0 saturated carbocycles. The summed E-state index contributed by atoms with van der Waals surface area (Å²) in [5.41, 5.74) is 1.31. The Morgan fingerprint density at radius 3 is 2.74 bits per heavy atom. The monoisotopic (exact) mass is 370 g/mol. The van der Waals surface area contributed by atoms with Crippen molar-refractivity contribution in [3.8, 4) is 11.5 Å². The van der Waals surface area contributed by atoms with E-state index in [1.54, 1.807) is 0 Å². The molecule has 0 bridgehead atoms. The lowest BCUT2D eigenvalue weighted by Gasteiger charge is -2.33. The molecule has 2 heterocycles. The lowest BCUT2D eigenvalue weighted by Crippen LogP contribution is -2.32. The van der Waals surface area contributed by atoms with Gasteiger partial charge in [0.15, 0.2) is 0 Å². The molecule has 0 saturated heterocycles. The maximum atomic E-state index is 11.9. The Labute approximate surface area is 158 Å². The van der Waals surface area contributed by atoms with Crippen LogP contribution in [0, 0.1) is 0 Å². The lowest BCUT2D eigenvalue weighted by atomic mass is 9.92. The molecule has 2 N–H and O–H groups in total. The molecule has 2 atom stereocenters. The number of aliphatic hydroxyl groups is 1. The Hall–Kier alpha value is -2.53. The molecule has 1 aliphatic rings. The molecule has 5 heteroatoms. The summed E-state index contributed by atoms with van der Waals surface area (Å²) < 4.78 is 11.6. The third-order valence-corrected chi connectivity index (χ3v) is 4.91. The van der Waals surface area contributed by atoms with E-state index in [0.717, 1.165) is 12.8 Å². The number of fused-ring (bicyclic) bond motifs is 3. The van der Waals surface area contributed by atoms with Gasteiger partial charge in [0.1, 0.15) is 22.7 Å². The van der Waals surface area contributed by atoms with Gasteiger partial charge in [-0.1, -0.05) is 18.6 Å². The van der Waals surface area contributed by atoms with Crippen LogP contribution in [0.2, 0.25) is 0 Å².